The van der Waals surface area contributed by atoms with Gasteiger partial charge in [0.15, 0.2) is 0 Å². The van der Waals surface area contributed by atoms with Gasteiger partial charge in [-0.3, -0.25) is 0 Å². The third-order valence-corrected chi connectivity index (χ3v) is 5.25. The largest absolute Gasteiger partial charge is 0.498 e. The molecule has 2 saturated carbocycles. The maximum atomic E-state index is 5.82. The van der Waals surface area contributed by atoms with Crippen LogP contribution in [0.4, 0.5) is 0 Å². The van der Waals surface area contributed by atoms with Crippen LogP contribution in [0.25, 0.3) is 0 Å². The molecule has 0 spiro atoms. The molecule has 0 aromatic rings. The average molecular weight is 250 g/mol. The molecule has 2 rings (SSSR count). The summed E-state index contributed by atoms with van der Waals surface area (Å²) < 4.78 is 5.82. The topological polar surface area (TPSA) is 9.23 Å². The molecule has 0 heterocycles. The van der Waals surface area contributed by atoms with Crippen molar-refractivity contribution in [2.75, 3.05) is 0 Å². The minimum atomic E-state index is 0.472. The van der Waals surface area contributed by atoms with Gasteiger partial charge in [0, 0.05) is 0 Å². The summed E-state index contributed by atoms with van der Waals surface area (Å²) in [4.78, 5) is 0. The van der Waals surface area contributed by atoms with Crippen LogP contribution in [0.3, 0.4) is 0 Å². The summed E-state index contributed by atoms with van der Waals surface area (Å²) in [6, 6.07) is 0. The number of ether oxygens (including phenoxy) is 1. The second kappa shape index (κ2) is 6.63. The molecule has 3 atom stereocenters. The maximum absolute atomic E-state index is 5.82. The zero-order chi connectivity index (χ0) is 13.0. The van der Waals surface area contributed by atoms with Crippen LogP contribution in [-0.2, 0) is 4.74 Å². The van der Waals surface area contributed by atoms with E-state index < -0.39 is 0 Å². The van der Waals surface area contributed by atoms with Gasteiger partial charge >= 0.3 is 0 Å². The second-order valence-corrected chi connectivity index (χ2v) is 6.71. The quantitative estimate of drug-likeness (QED) is 0.628. The summed E-state index contributed by atoms with van der Waals surface area (Å²) in [5, 5.41) is 0. The van der Waals surface area contributed by atoms with Crippen molar-refractivity contribution in [2.24, 2.45) is 23.7 Å². The predicted octanol–water partition coefficient (Wildman–Crippen LogP) is 5.17. The molecule has 0 N–H and O–H groups in total. The van der Waals surface area contributed by atoms with Crippen LogP contribution in [0.5, 0.6) is 0 Å². The molecule has 0 radical (unpaired) electrons. The zero-order valence-corrected chi connectivity index (χ0v) is 12.4. The standard InChI is InChI=1S/C17H30O/c1-4-11-18-17-10-9-16(12-14(17)3)15-7-5-13(2)6-8-15/h4,11,13-17H,5-10,12H2,1-3H3/b11-4+. The first-order valence-electron chi connectivity index (χ1n) is 7.97. The van der Waals surface area contributed by atoms with Crippen molar-refractivity contribution in [3.8, 4) is 0 Å². The van der Waals surface area contributed by atoms with E-state index in [2.05, 4.69) is 13.8 Å². The van der Waals surface area contributed by atoms with Crippen LogP contribution in [0, 0.1) is 23.7 Å². The van der Waals surface area contributed by atoms with E-state index in [0.29, 0.717) is 6.10 Å². The molecule has 0 aromatic heterocycles. The van der Waals surface area contributed by atoms with Gasteiger partial charge in [0.25, 0.3) is 0 Å². The van der Waals surface area contributed by atoms with Gasteiger partial charge in [0.05, 0.1) is 6.26 Å². The lowest BCUT2D eigenvalue weighted by Crippen LogP contribution is -2.33. The first-order valence-corrected chi connectivity index (χ1v) is 7.97. The van der Waals surface area contributed by atoms with Gasteiger partial charge in [-0.1, -0.05) is 32.8 Å². The summed E-state index contributed by atoms with van der Waals surface area (Å²) in [6.07, 6.45) is 14.3. The molecule has 0 aliphatic heterocycles. The highest BCUT2D eigenvalue weighted by Gasteiger charge is 2.33. The van der Waals surface area contributed by atoms with E-state index in [0.717, 1.165) is 23.7 Å². The summed E-state index contributed by atoms with van der Waals surface area (Å²) in [6.45, 7) is 6.83. The molecule has 0 bridgehead atoms. The number of allylic oxidation sites excluding steroid dienone is 1. The Balaban J connectivity index is 1.80. The van der Waals surface area contributed by atoms with Gasteiger partial charge in [-0.05, 0) is 62.7 Å². The summed E-state index contributed by atoms with van der Waals surface area (Å²) >= 11 is 0. The number of rotatable bonds is 3. The van der Waals surface area contributed by atoms with Crippen LogP contribution >= 0.6 is 0 Å². The summed E-state index contributed by atoms with van der Waals surface area (Å²) in [7, 11) is 0. The molecule has 0 saturated heterocycles. The molecule has 2 aliphatic carbocycles. The molecule has 2 aliphatic rings. The lowest BCUT2D eigenvalue weighted by molar-refractivity contribution is 0.0218. The molecule has 1 nitrogen and oxygen atoms in total. The third kappa shape index (κ3) is 3.52. The van der Waals surface area contributed by atoms with Crippen molar-refractivity contribution in [2.45, 2.75) is 71.8 Å². The first kappa shape index (κ1) is 14.0. The van der Waals surface area contributed by atoms with Gasteiger partial charge in [-0.2, -0.15) is 0 Å². The summed E-state index contributed by atoms with van der Waals surface area (Å²) in [5.41, 5.74) is 0. The van der Waals surface area contributed by atoms with E-state index >= 15 is 0 Å². The van der Waals surface area contributed by atoms with Crippen molar-refractivity contribution in [1.29, 1.82) is 0 Å². The molecular weight excluding hydrogens is 220 g/mol. The average Bonchev–Trinajstić information content (AvgIpc) is 2.38. The Bertz CT molecular complexity index is 263. The molecule has 0 amide bonds. The molecule has 104 valence electrons. The Labute approximate surface area is 113 Å². The molecule has 2 fully saturated rings. The van der Waals surface area contributed by atoms with Crippen LogP contribution in [0.15, 0.2) is 12.3 Å². The van der Waals surface area contributed by atoms with Gasteiger partial charge in [0.2, 0.25) is 0 Å². The molecule has 1 heteroatoms. The van der Waals surface area contributed by atoms with Gasteiger partial charge < -0.3 is 4.74 Å². The van der Waals surface area contributed by atoms with Gasteiger partial charge in [-0.25, -0.2) is 0 Å². The molecule has 18 heavy (non-hydrogen) atoms. The lowest BCUT2D eigenvalue weighted by Gasteiger charge is -2.39. The number of hydrogen-bond donors (Lipinski definition) is 0. The Morgan fingerprint density at radius 3 is 2.17 bits per heavy atom. The van der Waals surface area contributed by atoms with E-state index in [9.17, 15) is 0 Å². The number of hydrogen-bond acceptors (Lipinski definition) is 1. The van der Waals surface area contributed by atoms with Gasteiger partial charge in [0.1, 0.15) is 6.10 Å². The molecular formula is C17H30O. The second-order valence-electron chi connectivity index (χ2n) is 6.71. The lowest BCUT2D eigenvalue weighted by atomic mass is 9.68. The Morgan fingerprint density at radius 1 is 0.889 bits per heavy atom. The SMILES string of the molecule is C/C=C/OC1CCC(C2CCC(C)CC2)CC1C. The van der Waals surface area contributed by atoms with E-state index in [1.807, 2.05) is 19.3 Å². The van der Waals surface area contributed by atoms with Gasteiger partial charge in [-0.15, -0.1) is 0 Å². The van der Waals surface area contributed by atoms with E-state index in [4.69, 9.17) is 4.74 Å². The van der Waals surface area contributed by atoms with Crippen molar-refractivity contribution in [1.82, 2.24) is 0 Å². The van der Waals surface area contributed by atoms with Crippen LogP contribution in [0.2, 0.25) is 0 Å². The van der Waals surface area contributed by atoms with E-state index in [1.165, 1.54) is 44.9 Å². The highest BCUT2D eigenvalue weighted by Crippen LogP contribution is 2.42. The Morgan fingerprint density at radius 2 is 1.56 bits per heavy atom. The predicted molar refractivity (Wildman–Crippen MR) is 77.3 cm³/mol. The minimum Gasteiger partial charge on any atom is -0.498 e. The summed E-state index contributed by atoms with van der Waals surface area (Å²) in [5.74, 6) is 3.72. The smallest absolute Gasteiger partial charge is 0.100 e. The fourth-order valence-electron chi connectivity index (χ4n) is 3.98. The minimum absolute atomic E-state index is 0.472. The fraction of sp³-hybridized carbons (Fsp3) is 0.882. The highest BCUT2D eigenvalue weighted by molar-refractivity contribution is 4.85. The monoisotopic (exact) mass is 250 g/mol. The normalized spacial score (nSPS) is 42.1. The fourth-order valence-corrected chi connectivity index (χ4v) is 3.98. The highest BCUT2D eigenvalue weighted by atomic mass is 16.5. The maximum Gasteiger partial charge on any atom is 0.100 e. The first-order chi connectivity index (χ1) is 8.70. The van der Waals surface area contributed by atoms with Crippen molar-refractivity contribution in [3.05, 3.63) is 12.3 Å². The van der Waals surface area contributed by atoms with Crippen molar-refractivity contribution < 1.29 is 4.74 Å². The molecule has 0 aromatic carbocycles. The van der Waals surface area contributed by atoms with Crippen molar-refractivity contribution in [3.63, 3.8) is 0 Å². The Hall–Kier alpha value is -0.460. The molecule has 3 unspecified atom stereocenters. The van der Waals surface area contributed by atoms with Crippen LogP contribution in [0.1, 0.15) is 65.7 Å². The van der Waals surface area contributed by atoms with E-state index in [-0.39, 0.29) is 0 Å². The van der Waals surface area contributed by atoms with E-state index in [1.54, 1.807) is 0 Å². The third-order valence-electron chi connectivity index (χ3n) is 5.25. The van der Waals surface area contributed by atoms with Crippen molar-refractivity contribution >= 4 is 0 Å². The van der Waals surface area contributed by atoms with Crippen LogP contribution < -0.4 is 0 Å². The zero-order valence-electron chi connectivity index (χ0n) is 12.4. The Kier molecular flexibility index (Phi) is 5.14. The van der Waals surface area contributed by atoms with Crippen LogP contribution in [-0.4, -0.2) is 6.10 Å².